The average molecular weight is 363 g/mol. The van der Waals surface area contributed by atoms with E-state index in [9.17, 15) is 9.59 Å². The molecule has 2 N–H and O–H groups in total. The van der Waals surface area contributed by atoms with Gasteiger partial charge in [0.1, 0.15) is 6.10 Å². The summed E-state index contributed by atoms with van der Waals surface area (Å²) in [6, 6.07) is 3.24. The van der Waals surface area contributed by atoms with Gasteiger partial charge in [-0.05, 0) is 18.9 Å². The maximum absolute atomic E-state index is 12.9. The maximum Gasteiger partial charge on any atom is 0.256 e. The van der Waals surface area contributed by atoms with Crippen LogP contribution in [0.2, 0.25) is 0 Å². The number of nitrogens with one attached hydrogen (secondary N) is 2. The van der Waals surface area contributed by atoms with Crippen LogP contribution in [0.15, 0.2) is 12.1 Å². The lowest BCUT2D eigenvalue weighted by Gasteiger charge is -2.24. The van der Waals surface area contributed by atoms with Crippen LogP contribution in [0.25, 0.3) is 0 Å². The van der Waals surface area contributed by atoms with E-state index < -0.39 is 6.10 Å². The van der Waals surface area contributed by atoms with Crippen molar-refractivity contribution in [2.45, 2.75) is 18.9 Å². The van der Waals surface area contributed by atoms with E-state index >= 15 is 0 Å². The van der Waals surface area contributed by atoms with E-state index in [0.29, 0.717) is 35.9 Å². The standard InChI is InChI=1S/C18H25N3O5/c1-24-14-9-12(18(23)21-6-3-4-7-21)13(10-15(14)25-2)20-17(22)16-11-19-5-8-26-16/h9-10,16,19H,3-8,11H2,1-2H3,(H,20,22). The quantitative estimate of drug-likeness (QED) is 0.807. The molecule has 1 aromatic rings. The molecule has 1 aromatic carbocycles. The molecule has 8 heteroatoms. The summed E-state index contributed by atoms with van der Waals surface area (Å²) >= 11 is 0. The van der Waals surface area contributed by atoms with Crippen LogP contribution in [-0.4, -0.2) is 69.8 Å². The van der Waals surface area contributed by atoms with Gasteiger partial charge in [-0.2, -0.15) is 0 Å². The highest BCUT2D eigenvalue weighted by molar-refractivity contribution is 6.05. The Balaban J connectivity index is 1.89. The molecule has 2 aliphatic heterocycles. The second-order valence-corrected chi connectivity index (χ2v) is 6.30. The molecule has 1 unspecified atom stereocenters. The number of morpholine rings is 1. The SMILES string of the molecule is COc1cc(NC(=O)C2CNCCO2)c(C(=O)N2CCCC2)cc1OC. The molecule has 1 atom stereocenters. The molecule has 8 nitrogen and oxygen atoms in total. The Kier molecular flexibility index (Phi) is 5.95. The average Bonchev–Trinajstić information content (AvgIpc) is 3.22. The fraction of sp³-hybridized carbons (Fsp3) is 0.556. The Labute approximate surface area is 152 Å². The van der Waals surface area contributed by atoms with E-state index in [0.717, 1.165) is 32.5 Å². The molecular formula is C18H25N3O5. The summed E-state index contributed by atoms with van der Waals surface area (Å²) in [4.78, 5) is 27.3. The zero-order valence-corrected chi connectivity index (χ0v) is 15.2. The van der Waals surface area contributed by atoms with Crippen LogP contribution in [0.1, 0.15) is 23.2 Å². The van der Waals surface area contributed by atoms with Crippen molar-refractivity contribution in [3.63, 3.8) is 0 Å². The number of benzene rings is 1. The minimum atomic E-state index is -0.591. The smallest absolute Gasteiger partial charge is 0.256 e. The first-order valence-electron chi connectivity index (χ1n) is 8.82. The van der Waals surface area contributed by atoms with Gasteiger partial charge in [-0.25, -0.2) is 0 Å². The minimum Gasteiger partial charge on any atom is -0.493 e. The van der Waals surface area contributed by atoms with E-state index in [2.05, 4.69) is 10.6 Å². The summed E-state index contributed by atoms with van der Waals surface area (Å²) in [5.74, 6) is 0.480. The number of nitrogens with zero attached hydrogens (tertiary/aromatic N) is 1. The van der Waals surface area contributed by atoms with Gasteiger partial charge in [0.2, 0.25) is 0 Å². The molecule has 0 spiro atoms. The molecule has 0 aromatic heterocycles. The van der Waals surface area contributed by atoms with E-state index in [1.165, 1.54) is 14.2 Å². The number of hydrogen-bond acceptors (Lipinski definition) is 6. The Morgan fingerprint density at radius 2 is 1.88 bits per heavy atom. The molecule has 142 valence electrons. The maximum atomic E-state index is 12.9. The van der Waals surface area contributed by atoms with Crippen LogP contribution in [-0.2, 0) is 9.53 Å². The topological polar surface area (TPSA) is 89.1 Å². The summed E-state index contributed by atoms with van der Waals surface area (Å²) in [5, 5.41) is 5.94. The molecule has 2 heterocycles. The Morgan fingerprint density at radius 1 is 1.19 bits per heavy atom. The Bertz CT molecular complexity index is 667. The van der Waals surface area contributed by atoms with Crippen molar-refractivity contribution in [3.05, 3.63) is 17.7 Å². The van der Waals surface area contributed by atoms with Gasteiger partial charge in [-0.3, -0.25) is 9.59 Å². The first kappa shape index (κ1) is 18.5. The number of rotatable bonds is 5. The summed E-state index contributed by atoms with van der Waals surface area (Å²) in [6.45, 7) is 3.07. The van der Waals surface area contributed by atoms with Crippen LogP contribution < -0.4 is 20.1 Å². The highest BCUT2D eigenvalue weighted by Gasteiger charge is 2.27. The Hall–Kier alpha value is -2.32. The van der Waals surface area contributed by atoms with Crippen molar-refractivity contribution >= 4 is 17.5 Å². The first-order chi connectivity index (χ1) is 12.6. The molecule has 0 saturated carbocycles. The lowest BCUT2D eigenvalue weighted by molar-refractivity contribution is -0.128. The highest BCUT2D eigenvalue weighted by Crippen LogP contribution is 2.34. The largest absolute Gasteiger partial charge is 0.493 e. The van der Waals surface area contributed by atoms with E-state index in [1.54, 1.807) is 17.0 Å². The minimum absolute atomic E-state index is 0.124. The van der Waals surface area contributed by atoms with Crippen molar-refractivity contribution in [1.29, 1.82) is 0 Å². The molecule has 0 bridgehead atoms. The van der Waals surface area contributed by atoms with Crippen LogP contribution in [0.5, 0.6) is 11.5 Å². The number of carbonyl (C=O) groups is 2. The summed E-state index contributed by atoms with van der Waals surface area (Å²) in [7, 11) is 3.03. The predicted octanol–water partition coefficient (Wildman–Crippen LogP) is 0.867. The number of anilines is 1. The summed E-state index contributed by atoms with van der Waals surface area (Å²) < 4.78 is 16.1. The van der Waals surface area contributed by atoms with Crippen molar-refractivity contribution < 1.29 is 23.8 Å². The first-order valence-corrected chi connectivity index (χ1v) is 8.82. The van der Waals surface area contributed by atoms with E-state index in [-0.39, 0.29) is 11.8 Å². The molecule has 0 aliphatic carbocycles. The molecule has 2 fully saturated rings. The second-order valence-electron chi connectivity index (χ2n) is 6.30. The number of carbonyl (C=O) groups excluding carboxylic acids is 2. The second kappa shape index (κ2) is 8.37. The molecule has 26 heavy (non-hydrogen) atoms. The van der Waals surface area contributed by atoms with Crippen molar-refractivity contribution in [1.82, 2.24) is 10.2 Å². The fourth-order valence-electron chi connectivity index (χ4n) is 3.20. The zero-order chi connectivity index (χ0) is 18.5. The van der Waals surface area contributed by atoms with Crippen molar-refractivity contribution in [3.8, 4) is 11.5 Å². The van der Waals surface area contributed by atoms with Gasteiger partial charge in [0.05, 0.1) is 32.1 Å². The van der Waals surface area contributed by atoms with E-state index in [1.807, 2.05) is 0 Å². The molecule has 2 aliphatic rings. The third kappa shape index (κ3) is 3.91. The van der Waals surface area contributed by atoms with Crippen LogP contribution in [0, 0.1) is 0 Å². The van der Waals surface area contributed by atoms with Crippen LogP contribution >= 0.6 is 0 Å². The fourth-order valence-corrected chi connectivity index (χ4v) is 3.20. The molecule has 2 saturated heterocycles. The van der Waals surface area contributed by atoms with Gasteiger partial charge in [0.25, 0.3) is 11.8 Å². The van der Waals surface area contributed by atoms with Crippen LogP contribution in [0.3, 0.4) is 0 Å². The van der Waals surface area contributed by atoms with Gasteiger partial charge in [0.15, 0.2) is 11.5 Å². The number of methoxy groups -OCH3 is 2. The normalized spacial score (nSPS) is 19.9. The van der Waals surface area contributed by atoms with Gasteiger partial charge in [-0.1, -0.05) is 0 Å². The number of likely N-dealkylation sites (tertiary alicyclic amines) is 1. The zero-order valence-electron chi connectivity index (χ0n) is 15.2. The lowest BCUT2D eigenvalue weighted by atomic mass is 10.1. The number of hydrogen-bond donors (Lipinski definition) is 2. The van der Waals surface area contributed by atoms with Crippen molar-refractivity contribution in [2.75, 3.05) is 52.3 Å². The van der Waals surface area contributed by atoms with Gasteiger partial charge >= 0.3 is 0 Å². The summed E-state index contributed by atoms with van der Waals surface area (Å²) in [5.41, 5.74) is 0.792. The number of ether oxygens (including phenoxy) is 3. The van der Waals surface area contributed by atoms with Gasteiger partial charge in [-0.15, -0.1) is 0 Å². The van der Waals surface area contributed by atoms with Crippen molar-refractivity contribution in [2.24, 2.45) is 0 Å². The van der Waals surface area contributed by atoms with E-state index in [4.69, 9.17) is 14.2 Å². The molecule has 0 radical (unpaired) electrons. The van der Waals surface area contributed by atoms with Gasteiger partial charge < -0.3 is 29.7 Å². The Morgan fingerprint density at radius 3 is 2.50 bits per heavy atom. The highest BCUT2D eigenvalue weighted by atomic mass is 16.5. The van der Waals surface area contributed by atoms with Crippen LogP contribution in [0.4, 0.5) is 5.69 Å². The predicted molar refractivity (Wildman–Crippen MR) is 95.9 cm³/mol. The third-order valence-electron chi connectivity index (χ3n) is 4.63. The van der Waals surface area contributed by atoms with Gasteiger partial charge in [0, 0.05) is 32.2 Å². The number of amides is 2. The monoisotopic (exact) mass is 363 g/mol. The molecule has 3 rings (SSSR count). The third-order valence-corrected chi connectivity index (χ3v) is 4.63. The summed E-state index contributed by atoms with van der Waals surface area (Å²) in [6.07, 6.45) is 1.39. The molecular weight excluding hydrogens is 338 g/mol. The lowest BCUT2D eigenvalue weighted by Crippen LogP contribution is -2.45. The molecule has 2 amide bonds.